The second-order valence-corrected chi connectivity index (χ2v) is 11.2. The number of aryl methyl sites for hydroxylation is 1. The molecule has 0 bridgehead atoms. The maximum absolute atomic E-state index is 13.3. The molecule has 204 valence electrons. The predicted molar refractivity (Wildman–Crippen MR) is 163 cm³/mol. The Balaban J connectivity index is 1.56. The van der Waals surface area contributed by atoms with E-state index < -0.39 is 33.3 Å². The monoisotopic (exact) mass is 632 g/mol. The summed E-state index contributed by atoms with van der Waals surface area (Å²) in [6.07, 6.45) is 0. The Morgan fingerprint density at radius 3 is 1.95 bits per heavy atom. The summed E-state index contributed by atoms with van der Waals surface area (Å²) < 4.78 is 0. The highest BCUT2D eigenvalue weighted by Crippen LogP contribution is 2.42. The Hall–Kier alpha value is -3.20. The van der Waals surface area contributed by atoms with Crippen molar-refractivity contribution in [2.45, 2.75) is 17.1 Å². The number of hydrogen-bond acceptors (Lipinski definition) is 4. The van der Waals surface area contributed by atoms with E-state index in [1.807, 2.05) is 61.5 Å². The molecule has 0 spiro atoms. The van der Waals surface area contributed by atoms with Gasteiger partial charge in [0.15, 0.2) is 0 Å². The topological polar surface area (TPSA) is 95.5 Å². The van der Waals surface area contributed by atoms with Gasteiger partial charge in [0.2, 0.25) is 5.91 Å². The van der Waals surface area contributed by atoms with E-state index in [2.05, 4.69) is 10.6 Å². The van der Waals surface area contributed by atoms with Crippen LogP contribution in [0.25, 0.3) is 0 Å². The minimum absolute atomic E-state index is 0.188. The number of thioether (sulfide) groups is 1. The highest BCUT2D eigenvalue weighted by Gasteiger charge is 2.29. The van der Waals surface area contributed by atoms with Gasteiger partial charge in [-0.15, -0.1) is 11.8 Å². The number of anilines is 2. The third kappa shape index (κ3) is 6.74. The van der Waals surface area contributed by atoms with Crippen LogP contribution in [0.4, 0.5) is 11.4 Å². The van der Waals surface area contributed by atoms with Crippen LogP contribution in [-0.4, -0.2) is 22.9 Å². The molecule has 0 aromatic heterocycles. The number of hydrogen-bond donors (Lipinski definition) is 3. The normalized spacial score (nSPS) is 11.5. The summed E-state index contributed by atoms with van der Waals surface area (Å²) in [4.78, 5) is 38.9. The molecule has 1 unspecified atom stereocenters. The van der Waals surface area contributed by atoms with E-state index in [1.54, 1.807) is 24.3 Å². The molecule has 0 saturated heterocycles. The number of rotatable bonds is 8. The summed E-state index contributed by atoms with van der Waals surface area (Å²) in [6, 6.07) is 23.6. The molecule has 0 heterocycles. The van der Waals surface area contributed by atoms with E-state index in [1.165, 1.54) is 11.8 Å². The number of amides is 2. The van der Waals surface area contributed by atoms with Crippen LogP contribution < -0.4 is 10.6 Å². The van der Waals surface area contributed by atoms with Gasteiger partial charge in [-0.25, -0.2) is 4.79 Å². The lowest BCUT2D eigenvalue weighted by Crippen LogP contribution is -2.19. The first kappa shape index (κ1) is 29.8. The van der Waals surface area contributed by atoms with Crippen LogP contribution in [0.1, 0.15) is 37.1 Å². The quantitative estimate of drug-likeness (QED) is 0.102. The molecule has 2 amide bonds. The van der Waals surface area contributed by atoms with E-state index in [0.29, 0.717) is 11.4 Å². The molecule has 40 heavy (non-hydrogen) atoms. The van der Waals surface area contributed by atoms with Crippen LogP contribution in [0.2, 0.25) is 20.1 Å². The van der Waals surface area contributed by atoms with Gasteiger partial charge in [-0.05, 0) is 54.4 Å². The second kappa shape index (κ2) is 13.0. The molecule has 0 saturated carbocycles. The fourth-order valence-corrected chi connectivity index (χ4v) is 5.87. The van der Waals surface area contributed by atoms with Crippen LogP contribution >= 0.6 is 58.2 Å². The Labute approximate surface area is 254 Å². The molecule has 6 nitrogen and oxygen atoms in total. The van der Waals surface area contributed by atoms with Crippen molar-refractivity contribution in [1.82, 2.24) is 0 Å². The molecule has 0 aliphatic heterocycles. The average molecular weight is 634 g/mol. The van der Waals surface area contributed by atoms with Gasteiger partial charge in [0, 0.05) is 16.3 Å². The zero-order valence-electron chi connectivity index (χ0n) is 20.7. The van der Waals surface area contributed by atoms with Gasteiger partial charge in [-0.2, -0.15) is 0 Å². The Morgan fingerprint density at radius 2 is 1.35 bits per heavy atom. The molecule has 0 radical (unpaired) electrons. The van der Waals surface area contributed by atoms with Gasteiger partial charge in [-0.1, -0.05) is 88.9 Å². The van der Waals surface area contributed by atoms with Gasteiger partial charge >= 0.3 is 5.97 Å². The fourth-order valence-electron chi connectivity index (χ4n) is 3.82. The number of carbonyl (C=O) groups is 3. The summed E-state index contributed by atoms with van der Waals surface area (Å²) in [6.45, 7) is 1.95. The van der Waals surface area contributed by atoms with Crippen LogP contribution in [0, 0.1) is 6.92 Å². The van der Waals surface area contributed by atoms with Crippen LogP contribution in [0.15, 0.2) is 83.8 Å². The predicted octanol–water partition coefficient (Wildman–Crippen LogP) is 9.03. The first-order valence-corrected chi connectivity index (χ1v) is 14.1. The average Bonchev–Trinajstić information content (AvgIpc) is 2.93. The van der Waals surface area contributed by atoms with Gasteiger partial charge in [0.05, 0.1) is 31.2 Å². The Kier molecular flexibility index (Phi) is 9.66. The fraction of sp³-hybridized carbons (Fsp3) is 0.0690. The summed E-state index contributed by atoms with van der Waals surface area (Å²) >= 11 is 25.6. The summed E-state index contributed by atoms with van der Waals surface area (Å²) in [5.41, 5.74) is 1.93. The van der Waals surface area contributed by atoms with Crippen LogP contribution in [-0.2, 0) is 4.79 Å². The van der Waals surface area contributed by atoms with Crippen molar-refractivity contribution in [3.8, 4) is 0 Å². The van der Waals surface area contributed by atoms with Gasteiger partial charge < -0.3 is 15.7 Å². The van der Waals surface area contributed by atoms with Crippen molar-refractivity contribution in [3.63, 3.8) is 0 Å². The maximum atomic E-state index is 13.3. The summed E-state index contributed by atoms with van der Waals surface area (Å²) in [5, 5.41) is 13.4. The molecule has 4 aromatic rings. The third-order valence-electron chi connectivity index (χ3n) is 5.70. The number of carboxylic acid groups (broad SMARTS) is 1. The standard InChI is InChI=1S/C29H20Cl4N2O4S/c1-15-6-5-9-18(14-15)35-28(37)26(16-7-3-2-4-8-16)40-19-12-10-17(11-13-19)34-27(36)20-21(29(38)39)23(31)25(33)24(32)22(20)30/h2-14,26H,1H3,(H,34,36)(H,35,37)(H,38,39). The van der Waals surface area contributed by atoms with Crippen LogP contribution in [0.5, 0.6) is 0 Å². The molecule has 3 N–H and O–H groups in total. The van der Waals surface area contributed by atoms with E-state index in [4.69, 9.17) is 46.4 Å². The van der Waals surface area contributed by atoms with Crippen molar-refractivity contribution in [2.24, 2.45) is 0 Å². The van der Waals surface area contributed by atoms with Crippen molar-refractivity contribution < 1.29 is 19.5 Å². The molecule has 4 rings (SSSR count). The van der Waals surface area contributed by atoms with Crippen molar-refractivity contribution in [2.75, 3.05) is 10.6 Å². The van der Waals surface area contributed by atoms with E-state index >= 15 is 0 Å². The largest absolute Gasteiger partial charge is 0.478 e. The third-order valence-corrected chi connectivity index (χ3v) is 8.77. The van der Waals surface area contributed by atoms with Crippen molar-refractivity contribution in [1.29, 1.82) is 0 Å². The van der Waals surface area contributed by atoms with Gasteiger partial charge in [0.1, 0.15) is 5.25 Å². The molecular weight excluding hydrogens is 614 g/mol. The summed E-state index contributed by atoms with van der Waals surface area (Å²) in [7, 11) is 0. The minimum Gasteiger partial charge on any atom is -0.478 e. The zero-order chi connectivity index (χ0) is 29.0. The lowest BCUT2D eigenvalue weighted by molar-refractivity contribution is -0.115. The van der Waals surface area contributed by atoms with E-state index in [0.717, 1.165) is 16.0 Å². The molecule has 0 fully saturated rings. The van der Waals surface area contributed by atoms with Gasteiger partial charge in [-0.3, -0.25) is 9.59 Å². The number of carbonyl (C=O) groups excluding carboxylic acids is 2. The molecular formula is C29H20Cl4N2O4S. The Bertz CT molecular complexity index is 1600. The molecule has 0 aliphatic carbocycles. The first-order valence-electron chi connectivity index (χ1n) is 11.7. The minimum atomic E-state index is -1.49. The van der Waals surface area contributed by atoms with Crippen LogP contribution in [0.3, 0.4) is 0 Å². The highest BCUT2D eigenvalue weighted by molar-refractivity contribution is 8.00. The maximum Gasteiger partial charge on any atom is 0.338 e. The van der Waals surface area contributed by atoms with Gasteiger partial charge in [0.25, 0.3) is 5.91 Å². The highest BCUT2D eigenvalue weighted by atomic mass is 35.5. The SMILES string of the molecule is Cc1cccc(NC(=O)C(Sc2ccc(NC(=O)c3c(Cl)c(Cl)c(Cl)c(Cl)c3C(=O)O)cc2)c2ccccc2)c1. The molecule has 4 aromatic carbocycles. The van der Waals surface area contributed by atoms with Crippen molar-refractivity contribution >= 4 is 87.3 Å². The summed E-state index contributed by atoms with van der Waals surface area (Å²) in [5.74, 6) is -2.51. The van der Waals surface area contributed by atoms with Crippen molar-refractivity contribution in [3.05, 3.63) is 121 Å². The smallest absolute Gasteiger partial charge is 0.338 e. The Morgan fingerprint density at radius 1 is 0.725 bits per heavy atom. The molecule has 11 heteroatoms. The van der Waals surface area contributed by atoms with E-state index in [-0.39, 0.29) is 21.0 Å². The number of benzene rings is 4. The lowest BCUT2D eigenvalue weighted by atomic mass is 10.1. The number of halogens is 4. The zero-order valence-corrected chi connectivity index (χ0v) is 24.5. The number of nitrogens with one attached hydrogen (secondary N) is 2. The van der Waals surface area contributed by atoms with E-state index in [9.17, 15) is 19.5 Å². The molecule has 0 aliphatic rings. The first-order chi connectivity index (χ1) is 19.1. The second-order valence-electron chi connectivity index (χ2n) is 8.56. The lowest BCUT2D eigenvalue weighted by Gasteiger charge is -2.18. The molecule has 1 atom stereocenters. The number of carboxylic acids is 1. The number of aromatic carboxylic acids is 1.